The SMILES string of the molecule is COc1cc2c(cc1OCc1ccccc1)COC/C=C\C2. The number of fused-ring (bicyclic) bond motifs is 1. The predicted molar refractivity (Wildman–Crippen MR) is 86.3 cm³/mol. The average Bonchev–Trinajstić information content (AvgIpc) is 2.54. The fourth-order valence-electron chi connectivity index (χ4n) is 2.49. The quantitative estimate of drug-likeness (QED) is 0.801. The molecule has 0 aliphatic carbocycles. The monoisotopic (exact) mass is 296 g/mol. The number of ether oxygens (including phenoxy) is 3. The maximum absolute atomic E-state index is 5.95. The molecule has 3 rings (SSSR count). The van der Waals surface area contributed by atoms with Crippen LogP contribution in [-0.2, 0) is 24.4 Å². The first-order valence-electron chi connectivity index (χ1n) is 7.46. The van der Waals surface area contributed by atoms with Crippen LogP contribution in [0, 0.1) is 0 Å². The van der Waals surface area contributed by atoms with E-state index in [-0.39, 0.29) is 0 Å². The molecule has 1 heterocycles. The van der Waals surface area contributed by atoms with E-state index in [0.717, 1.165) is 29.0 Å². The zero-order valence-corrected chi connectivity index (χ0v) is 12.7. The van der Waals surface area contributed by atoms with E-state index in [9.17, 15) is 0 Å². The second-order valence-electron chi connectivity index (χ2n) is 5.24. The first-order valence-corrected chi connectivity index (χ1v) is 7.46. The summed E-state index contributed by atoms with van der Waals surface area (Å²) < 4.78 is 17.0. The molecule has 3 heteroatoms. The van der Waals surface area contributed by atoms with Gasteiger partial charge >= 0.3 is 0 Å². The van der Waals surface area contributed by atoms with Crippen molar-refractivity contribution in [2.75, 3.05) is 13.7 Å². The average molecular weight is 296 g/mol. The fraction of sp³-hybridized carbons (Fsp3) is 0.263. The Balaban J connectivity index is 1.83. The van der Waals surface area contributed by atoms with Crippen molar-refractivity contribution in [3.63, 3.8) is 0 Å². The molecule has 0 fully saturated rings. The summed E-state index contributed by atoms with van der Waals surface area (Å²) in [7, 11) is 1.67. The Morgan fingerprint density at radius 1 is 1.00 bits per heavy atom. The van der Waals surface area contributed by atoms with Crippen LogP contribution in [0.2, 0.25) is 0 Å². The summed E-state index contributed by atoms with van der Waals surface area (Å²) in [6.07, 6.45) is 5.07. The second-order valence-corrected chi connectivity index (χ2v) is 5.24. The van der Waals surface area contributed by atoms with Crippen LogP contribution >= 0.6 is 0 Å². The minimum Gasteiger partial charge on any atom is -0.493 e. The third-order valence-corrected chi connectivity index (χ3v) is 3.70. The van der Waals surface area contributed by atoms with Crippen molar-refractivity contribution in [1.82, 2.24) is 0 Å². The highest BCUT2D eigenvalue weighted by Gasteiger charge is 2.12. The molecular weight excluding hydrogens is 276 g/mol. The topological polar surface area (TPSA) is 27.7 Å². The molecule has 0 atom stereocenters. The predicted octanol–water partition coefficient (Wildman–Crippen LogP) is 3.90. The van der Waals surface area contributed by atoms with Crippen LogP contribution in [-0.4, -0.2) is 13.7 Å². The highest BCUT2D eigenvalue weighted by atomic mass is 16.5. The van der Waals surface area contributed by atoms with E-state index >= 15 is 0 Å². The second kappa shape index (κ2) is 7.14. The van der Waals surface area contributed by atoms with Gasteiger partial charge < -0.3 is 14.2 Å². The van der Waals surface area contributed by atoms with Crippen LogP contribution in [0.25, 0.3) is 0 Å². The molecule has 0 aromatic heterocycles. The number of hydrogen-bond acceptors (Lipinski definition) is 3. The first kappa shape index (κ1) is 14.7. The maximum atomic E-state index is 5.95. The lowest BCUT2D eigenvalue weighted by atomic mass is 10.0. The zero-order valence-electron chi connectivity index (χ0n) is 12.7. The molecule has 114 valence electrons. The van der Waals surface area contributed by atoms with E-state index in [2.05, 4.69) is 18.2 Å². The van der Waals surface area contributed by atoms with Gasteiger partial charge in [-0.15, -0.1) is 0 Å². The lowest BCUT2D eigenvalue weighted by Gasteiger charge is -2.17. The third-order valence-electron chi connectivity index (χ3n) is 3.70. The Bertz CT molecular complexity index is 647. The maximum Gasteiger partial charge on any atom is 0.162 e. The Hall–Kier alpha value is -2.26. The Labute approximate surface area is 131 Å². The van der Waals surface area contributed by atoms with E-state index in [1.807, 2.05) is 36.4 Å². The summed E-state index contributed by atoms with van der Waals surface area (Å²) in [4.78, 5) is 0. The molecule has 3 nitrogen and oxygen atoms in total. The van der Waals surface area contributed by atoms with Crippen molar-refractivity contribution in [2.24, 2.45) is 0 Å². The number of rotatable bonds is 4. The molecule has 0 radical (unpaired) electrons. The van der Waals surface area contributed by atoms with Crippen LogP contribution in [0.3, 0.4) is 0 Å². The van der Waals surface area contributed by atoms with Gasteiger partial charge in [0.05, 0.1) is 20.3 Å². The van der Waals surface area contributed by atoms with Gasteiger partial charge in [0.1, 0.15) is 6.61 Å². The molecule has 2 aromatic carbocycles. The Kier molecular flexibility index (Phi) is 4.76. The molecular formula is C19H20O3. The lowest BCUT2D eigenvalue weighted by molar-refractivity contribution is 0.146. The lowest BCUT2D eigenvalue weighted by Crippen LogP contribution is -2.04. The highest BCUT2D eigenvalue weighted by molar-refractivity contribution is 5.48. The van der Waals surface area contributed by atoms with Crippen LogP contribution in [0.1, 0.15) is 16.7 Å². The van der Waals surface area contributed by atoms with Gasteiger partial charge in [-0.2, -0.15) is 0 Å². The van der Waals surface area contributed by atoms with Crippen LogP contribution in [0.5, 0.6) is 11.5 Å². The summed E-state index contributed by atoms with van der Waals surface area (Å²) >= 11 is 0. The van der Waals surface area contributed by atoms with Gasteiger partial charge in [-0.05, 0) is 35.2 Å². The number of methoxy groups -OCH3 is 1. The van der Waals surface area contributed by atoms with E-state index in [0.29, 0.717) is 19.8 Å². The number of allylic oxidation sites excluding steroid dienone is 1. The van der Waals surface area contributed by atoms with Gasteiger partial charge in [-0.1, -0.05) is 42.5 Å². The van der Waals surface area contributed by atoms with Crippen molar-refractivity contribution >= 4 is 0 Å². The summed E-state index contributed by atoms with van der Waals surface area (Å²) in [6, 6.07) is 14.2. The summed E-state index contributed by atoms with van der Waals surface area (Å²) in [6.45, 7) is 1.79. The summed E-state index contributed by atoms with van der Waals surface area (Å²) in [5, 5.41) is 0. The molecule has 22 heavy (non-hydrogen) atoms. The van der Waals surface area contributed by atoms with Gasteiger partial charge in [0.2, 0.25) is 0 Å². The van der Waals surface area contributed by atoms with E-state index in [1.165, 1.54) is 5.56 Å². The highest BCUT2D eigenvalue weighted by Crippen LogP contribution is 2.32. The molecule has 0 unspecified atom stereocenters. The molecule has 2 aromatic rings. The smallest absolute Gasteiger partial charge is 0.162 e. The number of benzene rings is 2. The zero-order chi connectivity index (χ0) is 15.2. The van der Waals surface area contributed by atoms with Crippen LogP contribution in [0.4, 0.5) is 0 Å². The first-order chi connectivity index (χ1) is 10.9. The molecule has 0 bridgehead atoms. The molecule has 0 saturated carbocycles. The van der Waals surface area contributed by atoms with Crippen molar-refractivity contribution in [2.45, 2.75) is 19.6 Å². The molecule has 1 aliphatic rings. The Morgan fingerprint density at radius 3 is 2.64 bits per heavy atom. The molecule has 0 spiro atoms. The van der Waals surface area contributed by atoms with Crippen molar-refractivity contribution in [3.05, 3.63) is 71.3 Å². The molecule has 1 aliphatic heterocycles. The van der Waals surface area contributed by atoms with Crippen LogP contribution in [0.15, 0.2) is 54.6 Å². The Morgan fingerprint density at radius 2 is 1.82 bits per heavy atom. The molecule has 0 N–H and O–H groups in total. The van der Waals surface area contributed by atoms with Gasteiger partial charge in [-0.3, -0.25) is 0 Å². The molecule has 0 saturated heterocycles. The summed E-state index contributed by atoms with van der Waals surface area (Å²) in [5.41, 5.74) is 3.52. The van der Waals surface area contributed by atoms with E-state index < -0.39 is 0 Å². The largest absolute Gasteiger partial charge is 0.493 e. The van der Waals surface area contributed by atoms with Crippen molar-refractivity contribution in [1.29, 1.82) is 0 Å². The van der Waals surface area contributed by atoms with Gasteiger partial charge in [-0.25, -0.2) is 0 Å². The van der Waals surface area contributed by atoms with E-state index in [4.69, 9.17) is 14.2 Å². The van der Waals surface area contributed by atoms with Gasteiger partial charge in [0.15, 0.2) is 11.5 Å². The minimum absolute atomic E-state index is 0.525. The number of hydrogen-bond donors (Lipinski definition) is 0. The van der Waals surface area contributed by atoms with Crippen molar-refractivity contribution in [3.8, 4) is 11.5 Å². The van der Waals surface area contributed by atoms with Crippen LogP contribution < -0.4 is 9.47 Å². The molecule has 0 amide bonds. The summed E-state index contributed by atoms with van der Waals surface area (Å²) in [5.74, 6) is 1.53. The third kappa shape index (κ3) is 3.49. The normalized spacial score (nSPS) is 15.3. The standard InChI is InChI=1S/C19H20O3/c1-20-18-11-16-9-5-6-10-21-14-17(16)12-19(18)22-13-15-7-3-2-4-8-15/h2-8,11-12H,9-10,13-14H2,1H3/b6-5-. The van der Waals surface area contributed by atoms with Gasteiger partial charge in [0, 0.05) is 0 Å². The van der Waals surface area contributed by atoms with E-state index in [1.54, 1.807) is 7.11 Å². The fourth-order valence-corrected chi connectivity index (χ4v) is 2.49. The van der Waals surface area contributed by atoms with Gasteiger partial charge in [0.25, 0.3) is 0 Å². The minimum atomic E-state index is 0.525. The van der Waals surface area contributed by atoms with Crippen molar-refractivity contribution < 1.29 is 14.2 Å².